The minimum absolute atomic E-state index is 0.135. The van der Waals surface area contributed by atoms with Crippen molar-refractivity contribution in [3.8, 4) is 17.2 Å². The number of carboxylic acids is 1. The van der Waals surface area contributed by atoms with Gasteiger partial charge in [-0.15, -0.1) is 0 Å². The first-order chi connectivity index (χ1) is 16.6. The Kier molecular flexibility index (Phi) is 9.14. The van der Waals surface area contributed by atoms with E-state index in [2.05, 4.69) is 35.1 Å². The van der Waals surface area contributed by atoms with Crippen LogP contribution in [0.15, 0.2) is 71.2 Å². The van der Waals surface area contributed by atoms with E-state index in [1.54, 1.807) is 36.4 Å². The minimum atomic E-state index is -0.981. The summed E-state index contributed by atoms with van der Waals surface area (Å²) in [6.45, 7) is 4.76. The molecule has 0 saturated carbocycles. The highest BCUT2D eigenvalue weighted by atomic mass is 79.9. The highest BCUT2D eigenvalue weighted by molar-refractivity contribution is 9.10. The molecule has 0 aliphatic carbocycles. The molecule has 0 amide bonds. The van der Waals surface area contributed by atoms with Crippen LogP contribution in [0.2, 0.25) is 0 Å². The van der Waals surface area contributed by atoms with Crippen molar-refractivity contribution in [3.05, 3.63) is 87.9 Å². The van der Waals surface area contributed by atoms with E-state index in [1.165, 1.54) is 12.1 Å². The second-order valence-electron chi connectivity index (χ2n) is 8.92. The molecule has 0 aliphatic rings. The van der Waals surface area contributed by atoms with Gasteiger partial charge in [-0.3, -0.25) is 0 Å². The van der Waals surface area contributed by atoms with Gasteiger partial charge in [-0.2, -0.15) is 0 Å². The van der Waals surface area contributed by atoms with Gasteiger partial charge >= 0.3 is 5.97 Å². The Balaban J connectivity index is 1.50. The fraction of sp³-hybridized carbons (Fsp3) is 0.296. The van der Waals surface area contributed by atoms with Crippen LogP contribution in [0.1, 0.15) is 35.3 Å². The number of ether oxygens (including phenoxy) is 2. The van der Waals surface area contributed by atoms with Crippen LogP contribution in [0.25, 0.3) is 0 Å². The highest BCUT2D eigenvalue weighted by Crippen LogP contribution is 2.28. The fourth-order valence-corrected chi connectivity index (χ4v) is 4.08. The lowest BCUT2D eigenvalue weighted by atomic mass is 9.94. The normalized spacial score (nSPS) is 12.2. The van der Waals surface area contributed by atoms with Gasteiger partial charge in [-0.25, -0.2) is 4.79 Å². The number of aliphatic hydroxyl groups is 1. The second kappa shape index (κ2) is 12.1. The van der Waals surface area contributed by atoms with Crippen molar-refractivity contribution in [2.75, 3.05) is 13.2 Å². The molecule has 35 heavy (non-hydrogen) atoms. The number of halogens is 1. The van der Waals surface area contributed by atoms with Crippen LogP contribution >= 0.6 is 15.9 Å². The number of phenols is 1. The monoisotopic (exact) mass is 543 g/mol. The van der Waals surface area contributed by atoms with E-state index in [1.807, 2.05) is 18.2 Å². The van der Waals surface area contributed by atoms with Crippen molar-refractivity contribution >= 4 is 21.9 Å². The Hall–Kier alpha value is -3.07. The highest BCUT2D eigenvalue weighted by Gasteiger charge is 2.20. The third-order valence-corrected chi connectivity index (χ3v) is 5.99. The van der Waals surface area contributed by atoms with E-state index >= 15 is 0 Å². The quantitative estimate of drug-likeness (QED) is 0.260. The zero-order chi connectivity index (χ0) is 25.4. The number of hydrogen-bond acceptors (Lipinski definition) is 6. The van der Waals surface area contributed by atoms with Crippen LogP contribution in [-0.2, 0) is 13.0 Å². The van der Waals surface area contributed by atoms with Crippen LogP contribution < -0.4 is 14.8 Å². The molecule has 0 fully saturated rings. The molecular weight excluding hydrogens is 514 g/mol. The third kappa shape index (κ3) is 8.28. The van der Waals surface area contributed by atoms with Gasteiger partial charge in [0.2, 0.25) is 0 Å². The molecule has 3 rings (SSSR count). The van der Waals surface area contributed by atoms with Crippen molar-refractivity contribution in [2.45, 2.75) is 38.5 Å². The number of carbonyl (C=O) groups is 1. The van der Waals surface area contributed by atoms with Crippen LogP contribution in [0.3, 0.4) is 0 Å². The van der Waals surface area contributed by atoms with Gasteiger partial charge in [0.05, 0.1) is 10.0 Å². The van der Waals surface area contributed by atoms with Crippen molar-refractivity contribution < 1.29 is 29.6 Å². The molecular formula is C27H30BrNO6. The molecule has 0 bridgehead atoms. The first-order valence-electron chi connectivity index (χ1n) is 11.2. The minimum Gasteiger partial charge on any atom is -0.508 e. The Bertz CT molecular complexity index is 1130. The van der Waals surface area contributed by atoms with Gasteiger partial charge in [0.1, 0.15) is 36.6 Å². The van der Waals surface area contributed by atoms with Gasteiger partial charge in [0.25, 0.3) is 0 Å². The fourth-order valence-electron chi connectivity index (χ4n) is 3.54. The predicted molar refractivity (Wildman–Crippen MR) is 137 cm³/mol. The first-order valence-corrected chi connectivity index (χ1v) is 12.0. The summed E-state index contributed by atoms with van der Waals surface area (Å²) >= 11 is 3.55. The second-order valence-corrected chi connectivity index (χ2v) is 9.77. The van der Waals surface area contributed by atoms with Crippen molar-refractivity contribution in [2.24, 2.45) is 0 Å². The van der Waals surface area contributed by atoms with E-state index in [9.17, 15) is 20.1 Å². The molecule has 3 aromatic carbocycles. The van der Waals surface area contributed by atoms with Crippen LogP contribution in [-0.4, -0.2) is 46.1 Å². The summed E-state index contributed by atoms with van der Waals surface area (Å²) in [6, 6.07) is 18.9. The maximum absolute atomic E-state index is 11.4. The number of carboxylic acid groups (broad SMARTS) is 1. The molecule has 1 atom stereocenters. The third-order valence-electron chi connectivity index (χ3n) is 5.37. The van der Waals surface area contributed by atoms with Gasteiger partial charge in [-0.05, 0) is 84.2 Å². The zero-order valence-corrected chi connectivity index (χ0v) is 21.3. The summed E-state index contributed by atoms with van der Waals surface area (Å²) in [4.78, 5) is 11.4. The lowest BCUT2D eigenvalue weighted by molar-refractivity contribution is 0.0694. The van der Waals surface area contributed by atoms with E-state index < -0.39 is 12.1 Å². The topological polar surface area (TPSA) is 108 Å². The van der Waals surface area contributed by atoms with Gasteiger partial charge < -0.3 is 30.1 Å². The molecule has 4 N–H and O–H groups in total. The molecule has 0 heterocycles. The molecule has 0 radical (unpaired) electrons. The van der Waals surface area contributed by atoms with Gasteiger partial charge in [0, 0.05) is 17.6 Å². The number of phenolic OH excluding ortho intramolecular Hbond substituents is 1. The zero-order valence-electron chi connectivity index (χ0n) is 19.7. The molecule has 0 aromatic heterocycles. The van der Waals surface area contributed by atoms with Gasteiger partial charge in [-0.1, -0.05) is 24.3 Å². The molecule has 7 nitrogen and oxygen atoms in total. The Morgan fingerprint density at radius 1 is 1.06 bits per heavy atom. The molecule has 0 saturated heterocycles. The van der Waals surface area contributed by atoms with Crippen LogP contribution in [0, 0.1) is 0 Å². The number of aromatic hydroxyl groups is 1. The van der Waals surface area contributed by atoms with Crippen molar-refractivity contribution in [1.29, 1.82) is 0 Å². The predicted octanol–water partition coefficient (Wildman–Crippen LogP) is 4.78. The number of rotatable bonds is 12. The number of hydrogen-bond donors (Lipinski definition) is 4. The Morgan fingerprint density at radius 3 is 2.46 bits per heavy atom. The molecule has 0 spiro atoms. The summed E-state index contributed by atoms with van der Waals surface area (Å²) < 4.78 is 12.2. The number of aliphatic hydroxyl groups excluding tert-OH is 1. The summed E-state index contributed by atoms with van der Waals surface area (Å²) in [5.74, 6) is 0.391. The maximum Gasteiger partial charge on any atom is 0.336 e. The molecule has 0 aliphatic heterocycles. The van der Waals surface area contributed by atoms with Crippen LogP contribution in [0.4, 0.5) is 0 Å². The largest absolute Gasteiger partial charge is 0.508 e. The number of benzene rings is 3. The Morgan fingerprint density at radius 2 is 1.77 bits per heavy atom. The van der Waals surface area contributed by atoms with E-state index in [0.717, 1.165) is 10.0 Å². The molecule has 0 unspecified atom stereocenters. The number of β-amino-alcohol motifs (C(OH)–C–C–N with tert-alkyl or cyclic N) is 1. The van der Waals surface area contributed by atoms with Crippen molar-refractivity contribution in [3.63, 3.8) is 0 Å². The SMILES string of the molecule is CC(C)(Cc1ccc(OCc2ccccc2C(=O)O)c(Br)c1)NC[C@H](O)COc1ccc(O)cc1. The average Bonchev–Trinajstić information content (AvgIpc) is 2.82. The molecule has 3 aromatic rings. The summed E-state index contributed by atoms with van der Waals surface area (Å²) in [7, 11) is 0. The van der Waals surface area contributed by atoms with Gasteiger partial charge in [0.15, 0.2) is 0 Å². The summed E-state index contributed by atoms with van der Waals surface area (Å²) in [6.07, 6.45) is 0.0125. The standard InChI is InChI=1S/C27H30BrNO6/c1-27(2,29-15-21(31)17-34-22-10-8-20(30)9-11-22)14-18-7-12-25(24(28)13-18)35-16-19-5-3-4-6-23(19)26(32)33/h3-13,21,29-31H,14-17H2,1-2H3,(H,32,33)/t21-/m0/s1. The Labute approximate surface area is 213 Å². The smallest absolute Gasteiger partial charge is 0.336 e. The van der Waals surface area contributed by atoms with Crippen LogP contribution in [0.5, 0.6) is 17.2 Å². The first kappa shape index (κ1) is 26.5. The lowest BCUT2D eigenvalue weighted by Crippen LogP contribution is -2.46. The van der Waals surface area contributed by atoms with Crippen molar-refractivity contribution in [1.82, 2.24) is 5.32 Å². The average molecular weight is 544 g/mol. The molecule has 8 heteroatoms. The van der Waals surface area contributed by atoms with E-state index in [0.29, 0.717) is 30.0 Å². The number of nitrogens with one attached hydrogen (secondary N) is 1. The number of aromatic carboxylic acids is 1. The van der Waals surface area contributed by atoms with E-state index in [4.69, 9.17) is 9.47 Å². The summed E-state index contributed by atoms with van der Waals surface area (Å²) in [5, 5.41) is 32.3. The lowest BCUT2D eigenvalue weighted by Gasteiger charge is -2.28. The maximum atomic E-state index is 11.4. The van der Waals surface area contributed by atoms with E-state index in [-0.39, 0.29) is 30.1 Å². The summed E-state index contributed by atoms with van der Waals surface area (Å²) in [5.41, 5.74) is 1.61. The molecule has 186 valence electrons.